The molecule has 4 N–H and O–H groups in total. The minimum Gasteiger partial charge on any atom is -0.382 e. The number of aliphatic hydroxyl groups is 1. The molecule has 2 atom stereocenters. The van der Waals surface area contributed by atoms with Crippen molar-refractivity contribution >= 4 is 5.91 Å². The van der Waals surface area contributed by atoms with Gasteiger partial charge in [0.05, 0.1) is 0 Å². The average molecular weight is 277 g/mol. The highest BCUT2D eigenvalue weighted by Gasteiger charge is 2.23. The number of nitrogens with two attached hydrogens (primary N) is 1. The van der Waals surface area contributed by atoms with Crippen LogP contribution in [0.4, 0.5) is 0 Å². The second kappa shape index (κ2) is 7.38. The van der Waals surface area contributed by atoms with E-state index in [2.05, 4.69) is 34.5 Å². The summed E-state index contributed by atoms with van der Waals surface area (Å²) in [5.74, 6) is -0.670. The lowest BCUT2D eigenvalue weighted by Gasteiger charge is -2.17. The SMILES string of the molecule is NC(=O)C(O)CNC1CCN(CCc2ccccc2)C1. The van der Waals surface area contributed by atoms with Crippen LogP contribution >= 0.6 is 0 Å². The van der Waals surface area contributed by atoms with Gasteiger partial charge in [0.2, 0.25) is 5.91 Å². The summed E-state index contributed by atoms with van der Waals surface area (Å²) in [5, 5.41) is 12.6. The van der Waals surface area contributed by atoms with Crippen molar-refractivity contribution in [3.8, 4) is 0 Å². The van der Waals surface area contributed by atoms with Crippen LogP contribution in [0.3, 0.4) is 0 Å². The van der Waals surface area contributed by atoms with Crippen LogP contribution in [0, 0.1) is 0 Å². The number of primary amides is 1. The molecule has 1 aromatic carbocycles. The number of likely N-dealkylation sites (tertiary alicyclic amines) is 1. The Hall–Kier alpha value is -1.43. The lowest BCUT2D eigenvalue weighted by molar-refractivity contribution is -0.125. The number of carbonyl (C=O) groups is 1. The number of amides is 1. The van der Waals surface area contributed by atoms with Gasteiger partial charge in [0.15, 0.2) is 0 Å². The summed E-state index contributed by atoms with van der Waals surface area (Å²) in [6.45, 7) is 3.29. The molecule has 0 radical (unpaired) electrons. The summed E-state index contributed by atoms with van der Waals surface area (Å²) < 4.78 is 0. The van der Waals surface area contributed by atoms with Gasteiger partial charge in [-0.1, -0.05) is 30.3 Å². The fraction of sp³-hybridized carbons (Fsp3) is 0.533. The molecule has 110 valence electrons. The summed E-state index contributed by atoms with van der Waals surface area (Å²) in [4.78, 5) is 13.2. The second-order valence-electron chi connectivity index (χ2n) is 5.35. The van der Waals surface area contributed by atoms with Crippen LogP contribution in [0.15, 0.2) is 30.3 Å². The van der Waals surface area contributed by atoms with Crippen LogP contribution in [0.25, 0.3) is 0 Å². The standard InChI is InChI=1S/C15H23N3O2/c16-15(20)14(19)10-17-13-7-9-18(11-13)8-6-12-4-2-1-3-5-12/h1-5,13-14,17,19H,6-11H2,(H2,16,20). The number of hydrogen-bond donors (Lipinski definition) is 3. The minimum absolute atomic E-state index is 0.243. The first-order valence-corrected chi connectivity index (χ1v) is 7.12. The van der Waals surface area contributed by atoms with Gasteiger partial charge in [-0.3, -0.25) is 4.79 Å². The Kier molecular flexibility index (Phi) is 5.52. The van der Waals surface area contributed by atoms with Gasteiger partial charge in [-0.2, -0.15) is 0 Å². The van der Waals surface area contributed by atoms with Crippen molar-refractivity contribution in [3.05, 3.63) is 35.9 Å². The maximum atomic E-state index is 10.7. The number of hydrogen-bond acceptors (Lipinski definition) is 4. The predicted octanol–water partition coefficient (Wildman–Crippen LogP) is -0.261. The van der Waals surface area contributed by atoms with Crippen LogP contribution in [0.1, 0.15) is 12.0 Å². The second-order valence-corrected chi connectivity index (χ2v) is 5.35. The molecule has 0 spiro atoms. The molecule has 2 rings (SSSR count). The molecule has 1 fully saturated rings. The van der Waals surface area contributed by atoms with Crippen LogP contribution in [0.2, 0.25) is 0 Å². The van der Waals surface area contributed by atoms with Gasteiger partial charge < -0.3 is 21.1 Å². The van der Waals surface area contributed by atoms with E-state index in [4.69, 9.17) is 5.73 Å². The summed E-state index contributed by atoms with van der Waals surface area (Å²) in [6.07, 6.45) is 1.01. The normalized spacial score (nSPS) is 20.9. The van der Waals surface area contributed by atoms with Crippen molar-refractivity contribution in [2.45, 2.75) is 25.0 Å². The van der Waals surface area contributed by atoms with Crippen LogP contribution in [-0.2, 0) is 11.2 Å². The third-order valence-corrected chi connectivity index (χ3v) is 3.76. The van der Waals surface area contributed by atoms with Crippen molar-refractivity contribution in [2.24, 2.45) is 5.73 Å². The van der Waals surface area contributed by atoms with Crippen LogP contribution in [-0.4, -0.2) is 54.2 Å². The van der Waals surface area contributed by atoms with Gasteiger partial charge in [0.1, 0.15) is 6.10 Å². The number of benzene rings is 1. The summed E-state index contributed by atoms with van der Waals surface area (Å²) in [6, 6.07) is 10.8. The largest absolute Gasteiger partial charge is 0.382 e. The lowest BCUT2D eigenvalue weighted by Crippen LogP contribution is -2.42. The summed E-state index contributed by atoms with van der Waals surface area (Å²) in [7, 11) is 0. The quantitative estimate of drug-likeness (QED) is 0.641. The van der Waals surface area contributed by atoms with E-state index in [1.165, 1.54) is 5.56 Å². The van der Waals surface area contributed by atoms with Crippen molar-refractivity contribution in [3.63, 3.8) is 0 Å². The molecule has 20 heavy (non-hydrogen) atoms. The van der Waals surface area contributed by atoms with Crippen LogP contribution in [0.5, 0.6) is 0 Å². The average Bonchev–Trinajstić information content (AvgIpc) is 2.91. The van der Waals surface area contributed by atoms with E-state index in [1.807, 2.05) is 6.07 Å². The zero-order valence-corrected chi connectivity index (χ0v) is 11.7. The third kappa shape index (κ3) is 4.59. The predicted molar refractivity (Wildman–Crippen MR) is 78.2 cm³/mol. The van der Waals surface area contributed by atoms with Gasteiger partial charge in [-0.05, 0) is 24.9 Å². The molecule has 1 aromatic rings. The molecule has 2 unspecified atom stereocenters. The highest BCUT2D eigenvalue weighted by atomic mass is 16.3. The molecule has 1 saturated heterocycles. The Balaban J connectivity index is 1.66. The smallest absolute Gasteiger partial charge is 0.247 e. The van der Waals surface area contributed by atoms with E-state index in [9.17, 15) is 9.90 Å². The van der Waals surface area contributed by atoms with E-state index in [0.29, 0.717) is 6.04 Å². The monoisotopic (exact) mass is 277 g/mol. The van der Waals surface area contributed by atoms with Gasteiger partial charge in [0, 0.05) is 25.7 Å². The molecule has 0 saturated carbocycles. The van der Waals surface area contributed by atoms with Gasteiger partial charge in [-0.15, -0.1) is 0 Å². The number of nitrogens with zero attached hydrogens (tertiary/aromatic N) is 1. The highest BCUT2D eigenvalue weighted by Crippen LogP contribution is 2.10. The Morgan fingerprint density at radius 3 is 2.90 bits per heavy atom. The van der Waals surface area contributed by atoms with Crippen LogP contribution < -0.4 is 11.1 Å². The number of aliphatic hydroxyl groups excluding tert-OH is 1. The van der Waals surface area contributed by atoms with Gasteiger partial charge >= 0.3 is 0 Å². The molecule has 1 aliphatic heterocycles. The first-order valence-electron chi connectivity index (χ1n) is 7.12. The minimum atomic E-state index is -1.09. The number of nitrogens with one attached hydrogen (secondary N) is 1. The van der Waals surface area contributed by atoms with Crippen molar-refractivity contribution in [1.29, 1.82) is 0 Å². The van der Waals surface area contributed by atoms with E-state index in [0.717, 1.165) is 32.5 Å². The van der Waals surface area contributed by atoms with Crippen molar-refractivity contribution < 1.29 is 9.90 Å². The Morgan fingerprint density at radius 2 is 2.20 bits per heavy atom. The summed E-state index contributed by atoms with van der Waals surface area (Å²) >= 11 is 0. The van der Waals surface area contributed by atoms with E-state index < -0.39 is 12.0 Å². The third-order valence-electron chi connectivity index (χ3n) is 3.76. The first kappa shape index (κ1) is 15.0. The number of carbonyl (C=O) groups excluding carboxylic acids is 1. The van der Waals surface area contributed by atoms with E-state index in [-0.39, 0.29) is 6.54 Å². The Labute approximate surface area is 119 Å². The molecule has 1 amide bonds. The topological polar surface area (TPSA) is 78.6 Å². The molecule has 0 aliphatic carbocycles. The fourth-order valence-electron chi connectivity index (χ4n) is 2.51. The Morgan fingerprint density at radius 1 is 1.45 bits per heavy atom. The zero-order valence-electron chi connectivity index (χ0n) is 11.7. The maximum Gasteiger partial charge on any atom is 0.247 e. The zero-order chi connectivity index (χ0) is 14.4. The summed E-state index contributed by atoms with van der Waals surface area (Å²) in [5.41, 5.74) is 6.38. The maximum absolute atomic E-state index is 10.7. The van der Waals surface area contributed by atoms with Gasteiger partial charge in [-0.25, -0.2) is 0 Å². The number of rotatable bonds is 7. The molecule has 0 aromatic heterocycles. The molecule has 1 aliphatic rings. The Bertz CT molecular complexity index is 424. The van der Waals surface area contributed by atoms with Crippen molar-refractivity contribution in [2.75, 3.05) is 26.2 Å². The molecule has 5 nitrogen and oxygen atoms in total. The molecular formula is C15H23N3O2. The lowest BCUT2D eigenvalue weighted by atomic mass is 10.1. The molecular weight excluding hydrogens is 254 g/mol. The van der Waals surface area contributed by atoms with Gasteiger partial charge in [0.25, 0.3) is 0 Å². The molecule has 1 heterocycles. The van der Waals surface area contributed by atoms with Crippen molar-refractivity contribution in [1.82, 2.24) is 10.2 Å². The molecule has 0 bridgehead atoms. The van der Waals surface area contributed by atoms with E-state index >= 15 is 0 Å². The first-order chi connectivity index (χ1) is 9.65. The highest BCUT2D eigenvalue weighted by molar-refractivity contribution is 5.78. The molecule has 5 heteroatoms. The fourth-order valence-corrected chi connectivity index (χ4v) is 2.51. The van der Waals surface area contributed by atoms with E-state index in [1.54, 1.807) is 0 Å².